The normalized spacial score (nSPS) is 21.0. The third-order valence-corrected chi connectivity index (χ3v) is 4.39. The second-order valence-corrected chi connectivity index (χ2v) is 6.40. The highest BCUT2D eigenvalue weighted by atomic mass is 32.2. The van der Waals surface area contributed by atoms with E-state index in [1.54, 1.807) is 12.1 Å². The van der Waals surface area contributed by atoms with Crippen LogP contribution in [0.15, 0.2) is 27.3 Å². The van der Waals surface area contributed by atoms with Gasteiger partial charge in [-0.05, 0) is 25.0 Å². The van der Waals surface area contributed by atoms with Gasteiger partial charge in [-0.25, -0.2) is 8.42 Å². The average Bonchev–Trinajstić information content (AvgIpc) is 3.09. The van der Waals surface area contributed by atoms with Crippen LogP contribution in [-0.4, -0.2) is 35.7 Å². The second-order valence-electron chi connectivity index (χ2n) is 4.47. The number of hydrogen-bond donors (Lipinski definition) is 0. The Kier molecular flexibility index (Phi) is 2.90. The van der Waals surface area contributed by atoms with Crippen molar-refractivity contribution in [2.75, 3.05) is 12.8 Å². The van der Waals surface area contributed by atoms with Gasteiger partial charge in [0.15, 0.2) is 11.6 Å². The monoisotopic (exact) mass is 283 g/mol. The Morgan fingerprint density at radius 2 is 2.32 bits per heavy atom. The van der Waals surface area contributed by atoms with E-state index in [4.69, 9.17) is 8.94 Å². The molecule has 0 unspecified atom stereocenters. The van der Waals surface area contributed by atoms with Crippen molar-refractivity contribution < 1.29 is 17.4 Å². The lowest BCUT2D eigenvalue weighted by atomic mass is 10.2. The molecule has 1 fully saturated rings. The van der Waals surface area contributed by atoms with Gasteiger partial charge in [-0.15, -0.1) is 0 Å². The highest BCUT2D eigenvalue weighted by Crippen LogP contribution is 2.33. The van der Waals surface area contributed by atoms with Crippen molar-refractivity contribution in [3.05, 3.63) is 24.2 Å². The SMILES string of the molecule is CS(=O)(=O)N1CCC[C@@H]1c1noc(-c2ccco2)n1. The zero-order valence-corrected chi connectivity index (χ0v) is 11.1. The third-order valence-electron chi connectivity index (χ3n) is 3.10. The molecule has 8 heteroatoms. The molecule has 1 aliphatic rings. The zero-order chi connectivity index (χ0) is 13.5. The van der Waals surface area contributed by atoms with E-state index >= 15 is 0 Å². The van der Waals surface area contributed by atoms with Gasteiger partial charge in [0.2, 0.25) is 10.0 Å². The molecule has 3 rings (SSSR count). The van der Waals surface area contributed by atoms with Gasteiger partial charge in [0, 0.05) is 6.54 Å². The van der Waals surface area contributed by atoms with Gasteiger partial charge in [-0.3, -0.25) is 0 Å². The Labute approximate surface area is 110 Å². The first-order valence-electron chi connectivity index (χ1n) is 5.90. The number of hydrogen-bond acceptors (Lipinski definition) is 6. The van der Waals surface area contributed by atoms with Crippen molar-refractivity contribution in [3.63, 3.8) is 0 Å². The molecule has 102 valence electrons. The van der Waals surface area contributed by atoms with Crippen LogP contribution in [0.4, 0.5) is 0 Å². The molecule has 19 heavy (non-hydrogen) atoms. The Hall–Kier alpha value is -1.67. The molecule has 1 atom stereocenters. The van der Waals surface area contributed by atoms with Crippen LogP contribution in [-0.2, 0) is 10.0 Å². The van der Waals surface area contributed by atoms with E-state index in [0.717, 1.165) is 6.42 Å². The Bertz CT molecular complexity index is 662. The molecule has 7 nitrogen and oxygen atoms in total. The number of furan rings is 1. The zero-order valence-electron chi connectivity index (χ0n) is 10.3. The van der Waals surface area contributed by atoms with Gasteiger partial charge in [-0.2, -0.15) is 9.29 Å². The Morgan fingerprint density at radius 1 is 1.47 bits per heavy atom. The van der Waals surface area contributed by atoms with Crippen molar-refractivity contribution in [3.8, 4) is 11.7 Å². The van der Waals surface area contributed by atoms with E-state index < -0.39 is 10.0 Å². The lowest BCUT2D eigenvalue weighted by Crippen LogP contribution is -2.30. The van der Waals surface area contributed by atoms with Gasteiger partial charge in [0.05, 0.1) is 18.6 Å². The van der Waals surface area contributed by atoms with E-state index in [-0.39, 0.29) is 11.9 Å². The minimum atomic E-state index is -3.26. The first-order chi connectivity index (χ1) is 9.05. The van der Waals surface area contributed by atoms with Crippen LogP contribution in [0, 0.1) is 0 Å². The van der Waals surface area contributed by atoms with Crippen molar-refractivity contribution in [2.24, 2.45) is 0 Å². The van der Waals surface area contributed by atoms with Crippen LogP contribution in [0.25, 0.3) is 11.7 Å². The third kappa shape index (κ3) is 2.28. The number of sulfonamides is 1. The molecule has 1 saturated heterocycles. The highest BCUT2D eigenvalue weighted by molar-refractivity contribution is 7.88. The average molecular weight is 283 g/mol. The lowest BCUT2D eigenvalue weighted by molar-refractivity contribution is 0.358. The maximum absolute atomic E-state index is 11.7. The lowest BCUT2D eigenvalue weighted by Gasteiger charge is -2.18. The second kappa shape index (κ2) is 4.46. The number of aromatic nitrogens is 2. The summed E-state index contributed by atoms with van der Waals surface area (Å²) in [6.45, 7) is 0.494. The quantitative estimate of drug-likeness (QED) is 0.846. The van der Waals surface area contributed by atoms with Gasteiger partial charge in [-0.1, -0.05) is 5.16 Å². The van der Waals surface area contributed by atoms with Crippen LogP contribution in [0.5, 0.6) is 0 Å². The molecule has 0 spiro atoms. The minimum Gasteiger partial charge on any atom is -0.459 e. The van der Waals surface area contributed by atoms with Gasteiger partial charge in [0.1, 0.15) is 0 Å². The van der Waals surface area contributed by atoms with Crippen molar-refractivity contribution >= 4 is 10.0 Å². The van der Waals surface area contributed by atoms with Crippen molar-refractivity contribution in [1.29, 1.82) is 0 Å². The van der Waals surface area contributed by atoms with E-state index in [0.29, 0.717) is 24.6 Å². The topological polar surface area (TPSA) is 89.4 Å². The molecule has 0 aromatic carbocycles. The molecule has 0 N–H and O–H groups in total. The van der Waals surface area contributed by atoms with Gasteiger partial charge >= 0.3 is 0 Å². The summed E-state index contributed by atoms with van der Waals surface area (Å²) in [5.41, 5.74) is 0. The Balaban J connectivity index is 1.91. The summed E-state index contributed by atoms with van der Waals surface area (Å²) < 4.78 is 35.0. The number of rotatable bonds is 3. The van der Waals surface area contributed by atoms with Crippen LogP contribution in [0.2, 0.25) is 0 Å². The molecule has 2 aromatic heterocycles. The fourth-order valence-corrected chi connectivity index (χ4v) is 3.39. The maximum Gasteiger partial charge on any atom is 0.293 e. The largest absolute Gasteiger partial charge is 0.459 e. The fraction of sp³-hybridized carbons (Fsp3) is 0.455. The summed E-state index contributed by atoms with van der Waals surface area (Å²) >= 11 is 0. The van der Waals surface area contributed by atoms with E-state index in [1.807, 2.05) is 0 Å². The predicted octanol–water partition coefficient (Wildman–Crippen LogP) is 1.43. The van der Waals surface area contributed by atoms with Crippen LogP contribution < -0.4 is 0 Å². The standard InChI is InChI=1S/C11H13N3O4S/c1-19(15,16)14-6-2-4-8(14)10-12-11(18-13-10)9-5-3-7-17-9/h3,5,7-8H,2,4,6H2,1H3/t8-/m1/s1. The van der Waals surface area contributed by atoms with Gasteiger partial charge < -0.3 is 8.94 Å². The summed E-state index contributed by atoms with van der Waals surface area (Å²) in [6, 6.07) is 3.08. The van der Waals surface area contributed by atoms with Crippen molar-refractivity contribution in [2.45, 2.75) is 18.9 Å². The molecule has 0 saturated carbocycles. The first kappa shape index (κ1) is 12.4. The minimum absolute atomic E-state index is 0.264. The fourth-order valence-electron chi connectivity index (χ4n) is 2.27. The van der Waals surface area contributed by atoms with Crippen LogP contribution in [0.1, 0.15) is 24.7 Å². The summed E-state index contributed by atoms with van der Waals surface area (Å²) in [4.78, 5) is 4.22. The summed E-state index contributed by atoms with van der Waals surface area (Å²) in [5, 5.41) is 3.87. The van der Waals surface area contributed by atoms with E-state index in [9.17, 15) is 8.42 Å². The highest BCUT2D eigenvalue weighted by Gasteiger charge is 2.35. The maximum atomic E-state index is 11.7. The summed E-state index contributed by atoms with van der Waals surface area (Å²) in [7, 11) is -3.26. The first-order valence-corrected chi connectivity index (χ1v) is 7.75. The van der Waals surface area contributed by atoms with Crippen LogP contribution >= 0.6 is 0 Å². The molecular formula is C11H13N3O4S. The molecule has 2 aromatic rings. The van der Waals surface area contributed by atoms with E-state index in [1.165, 1.54) is 16.8 Å². The number of nitrogens with zero attached hydrogens (tertiary/aromatic N) is 3. The Morgan fingerprint density at radius 3 is 3.00 bits per heavy atom. The molecule has 0 radical (unpaired) electrons. The van der Waals surface area contributed by atoms with Crippen LogP contribution in [0.3, 0.4) is 0 Å². The molecular weight excluding hydrogens is 270 g/mol. The molecule has 0 bridgehead atoms. The van der Waals surface area contributed by atoms with E-state index in [2.05, 4.69) is 10.1 Å². The van der Waals surface area contributed by atoms with Gasteiger partial charge in [0.25, 0.3) is 5.89 Å². The van der Waals surface area contributed by atoms with Crippen molar-refractivity contribution in [1.82, 2.24) is 14.4 Å². The summed E-state index contributed by atoms with van der Waals surface area (Å²) in [6.07, 6.45) is 4.20. The summed E-state index contributed by atoms with van der Waals surface area (Å²) in [5.74, 6) is 1.12. The molecule has 0 amide bonds. The smallest absolute Gasteiger partial charge is 0.293 e. The molecule has 3 heterocycles. The molecule has 1 aliphatic heterocycles. The molecule has 0 aliphatic carbocycles. The predicted molar refractivity (Wildman–Crippen MR) is 65.5 cm³/mol.